The summed E-state index contributed by atoms with van der Waals surface area (Å²) in [6, 6.07) is 38.4. The maximum absolute atomic E-state index is 3.91. The molecular formula is C31H17BrS. The molecule has 0 amide bonds. The maximum Gasteiger partial charge on any atom is 0.0732 e. The van der Waals surface area contributed by atoms with Crippen LogP contribution in [0.3, 0.4) is 0 Å². The van der Waals surface area contributed by atoms with Gasteiger partial charge in [0.25, 0.3) is 0 Å². The van der Waals surface area contributed by atoms with E-state index in [2.05, 4.69) is 119 Å². The number of benzene rings is 5. The Morgan fingerprint density at radius 1 is 0.545 bits per heavy atom. The minimum atomic E-state index is -0.314. The van der Waals surface area contributed by atoms with Crippen molar-refractivity contribution in [2.24, 2.45) is 0 Å². The van der Waals surface area contributed by atoms with E-state index in [0.717, 1.165) is 4.47 Å². The van der Waals surface area contributed by atoms with Gasteiger partial charge in [0.05, 0.1) is 5.41 Å². The highest BCUT2D eigenvalue weighted by Gasteiger charge is 2.53. The predicted molar refractivity (Wildman–Crippen MR) is 143 cm³/mol. The summed E-state index contributed by atoms with van der Waals surface area (Å²) in [6.07, 6.45) is 0. The Morgan fingerprint density at radius 3 is 2.12 bits per heavy atom. The van der Waals surface area contributed by atoms with Crippen molar-refractivity contribution in [2.75, 3.05) is 0 Å². The summed E-state index contributed by atoms with van der Waals surface area (Å²) in [5.74, 6) is 0. The number of rotatable bonds is 0. The van der Waals surface area contributed by atoms with Gasteiger partial charge in [-0.3, -0.25) is 0 Å². The quantitative estimate of drug-likeness (QED) is 0.194. The van der Waals surface area contributed by atoms with Crippen molar-refractivity contribution in [3.63, 3.8) is 0 Å². The molecule has 1 spiro atoms. The fourth-order valence-electron chi connectivity index (χ4n) is 6.45. The normalized spacial score (nSPS) is 17.4. The summed E-state index contributed by atoms with van der Waals surface area (Å²) < 4.78 is 3.88. The summed E-state index contributed by atoms with van der Waals surface area (Å²) >= 11 is 5.82. The van der Waals surface area contributed by atoms with Crippen molar-refractivity contribution in [1.29, 1.82) is 0 Å². The van der Waals surface area contributed by atoms with Crippen molar-refractivity contribution in [3.05, 3.63) is 130 Å². The maximum atomic E-state index is 3.91. The summed E-state index contributed by atoms with van der Waals surface area (Å²) in [6.45, 7) is 0. The molecule has 8 rings (SSSR count). The lowest BCUT2D eigenvalue weighted by molar-refractivity contribution is 0.802. The standard InChI is InChI=1S/C31H17BrS/c32-25-14-7-13-24-28(25)20-9-2-5-12-23(20)31(24)22-11-4-1-8-18(22)19-16-17-27-29(30(19)31)21-10-3-6-15-26(21)33-27/h1-17H. The van der Waals surface area contributed by atoms with E-state index in [0.29, 0.717) is 0 Å². The first-order valence-electron chi connectivity index (χ1n) is 11.2. The fraction of sp³-hybridized carbons (Fsp3) is 0.0323. The molecule has 1 heterocycles. The molecule has 0 N–H and O–H groups in total. The lowest BCUT2D eigenvalue weighted by Gasteiger charge is -2.31. The number of hydrogen-bond acceptors (Lipinski definition) is 1. The summed E-state index contributed by atoms with van der Waals surface area (Å²) in [5.41, 5.74) is 10.7. The molecule has 0 bridgehead atoms. The SMILES string of the molecule is Brc1cccc2c1-c1ccccc1C21c2ccccc2-c2ccc3sc4ccccc4c3c21. The Labute approximate surface area is 204 Å². The van der Waals surface area contributed by atoms with Gasteiger partial charge in [-0.25, -0.2) is 0 Å². The number of halogens is 1. The average Bonchev–Trinajstić information content (AvgIpc) is 3.48. The topological polar surface area (TPSA) is 0 Å². The van der Waals surface area contributed by atoms with E-state index in [1.807, 2.05) is 11.3 Å². The Bertz CT molecular complexity index is 1790. The smallest absolute Gasteiger partial charge is 0.0732 e. The minimum Gasteiger partial charge on any atom is -0.135 e. The molecule has 2 heteroatoms. The van der Waals surface area contributed by atoms with E-state index in [4.69, 9.17) is 0 Å². The second-order valence-corrected chi connectivity index (χ2v) is 10.9. The summed E-state index contributed by atoms with van der Waals surface area (Å²) in [7, 11) is 0. The Balaban J connectivity index is 1.69. The van der Waals surface area contributed by atoms with Crippen LogP contribution < -0.4 is 0 Å². The van der Waals surface area contributed by atoms with Gasteiger partial charge in [-0.05, 0) is 57.1 Å². The van der Waals surface area contributed by atoms with E-state index in [1.54, 1.807) is 0 Å². The molecular weight excluding hydrogens is 484 g/mol. The lowest BCUT2D eigenvalue weighted by atomic mass is 9.69. The van der Waals surface area contributed by atoms with Crippen LogP contribution in [-0.2, 0) is 5.41 Å². The highest BCUT2D eigenvalue weighted by Crippen LogP contribution is 2.65. The zero-order valence-corrected chi connectivity index (χ0v) is 20.0. The first-order valence-corrected chi connectivity index (χ1v) is 12.8. The van der Waals surface area contributed by atoms with Gasteiger partial charge in [-0.2, -0.15) is 0 Å². The van der Waals surface area contributed by atoms with Gasteiger partial charge >= 0.3 is 0 Å². The van der Waals surface area contributed by atoms with Gasteiger partial charge in [0.1, 0.15) is 0 Å². The number of thiophene rings is 1. The van der Waals surface area contributed by atoms with Crippen molar-refractivity contribution in [1.82, 2.24) is 0 Å². The van der Waals surface area contributed by atoms with Crippen LogP contribution in [0.25, 0.3) is 42.4 Å². The Morgan fingerprint density at radius 2 is 1.24 bits per heavy atom. The number of hydrogen-bond donors (Lipinski definition) is 0. The molecule has 0 fully saturated rings. The van der Waals surface area contributed by atoms with Crippen LogP contribution in [0, 0.1) is 0 Å². The summed E-state index contributed by atoms with van der Waals surface area (Å²) in [5, 5.41) is 2.77. The highest BCUT2D eigenvalue weighted by atomic mass is 79.9. The monoisotopic (exact) mass is 500 g/mol. The van der Waals surface area contributed by atoms with Crippen molar-refractivity contribution < 1.29 is 0 Å². The zero-order valence-electron chi connectivity index (χ0n) is 17.6. The second kappa shape index (κ2) is 6.22. The van der Waals surface area contributed by atoms with Gasteiger partial charge in [0.15, 0.2) is 0 Å². The lowest BCUT2D eigenvalue weighted by Crippen LogP contribution is -2.26. The third kappa shape index (κ3) is 2.04. The molecule has 154 valence electrons. The first-order chi connectivity index (χ1) is 16.3. The van der Waals surface area contributed by atoms with Gasteiger partial charge in [-0.15, -0.1) is 11.3 Å². The van der Waals surface area contributed by atoms with Crippen LogP contribution in [0.5, 0.6) is 0 Å². The van der Waals surface area contributed by atoms with E-state index >= 15 is 0 Å². The second-order valence-electron chi connectivity index (χ2n) is 8.96. The molecule has 1 atom stereocenters. The van der Waals surface area contributed by atoms with Crippen LogP contribution in [0.2, 0.25) is 0 Å². The number of fused-ring (bicyclic) bond motifs is 14. The molecule has 0 radical (unpaired) electrons. The molecule has 1 aromatic heterocycles. The van der Waals surface area contributed by atoms with Crippen molar-refractivity contribution in [3.8, 4) is 22.3 Å². The van der Waals surface area contributed by atoms with Gasteiger partial charge < -0.3 is 0 Å². The molecule has 5 aromatic carbocycles. The third-order valence-corrected chi connectivity index (χ3v) is 9.35. The molecule has 2 aliphatic rings. The largest absolute Gasteiger partial charge is 0.135 e. The minimum absolute atomic E-state index is 0.314. The summed E-state index contributed by atoms with van der Waals surface area (Å²) in [4.78, 5) is 0. The molecule has 2 aliphatic carbocycles. The van der Waals surface area contributed by atoms with E-state index in [1.165, 1.54) is 64.7 Å². The molecule has 0 saturated carbocycles. The van der Waals surface area contributed by atoms with Crippen molar-refractivity contribution >= 4 is 47.4 Å². The van der Waals surface area contributed by atoms with Crippen LogP contribution in [-0.4, -0.2) is 0 Å². The molecule has 0 saturated heterocycles. The highest BCUT2D eigenvalue weighted by molar-refractivity contribution is 9.10. The van der Waals surface area contributed by atoms with Gasteiger partial charge in [-0.1, -0.05) is 101 Å². The molecule has 0 aliphatic heterocycles. The zero-order chi connectivity index (χ0) is 21.7. The van der Waals surface area contributed by atoms with Gasteiger partial charge in [0, 0.05) is 30.2 Å². The van der Waals surface area contributed by atoms with Crippen molar-refractivity contribution in [2.45, 2.75) is 5.41 Å². The van der Waals surface area contributed by atoms with Gasteiger partial charge in [0.2, 0.25) is 0 Å². The molecule has 33 heavy (non-hydrogen) atoms. The first kappa shape index (κ1) is 18.3. The molecule has 0 nitrogen and oxygen atoms in total. The van der Waals surface area contributed by atoms with Crippen LogP contribution in [0.4, 0.5) is 0 Å². The molecule has 6 aromatic rings. The third-order valence-electron chi connectivity index (χ3n) is 7.56. The van der Waals surface area contributed by atoms with Crippen LogP contribution >= 0.6 is 27.3 Å². The predicted octanol–water partition coefficient (Wildman–Crippen LogP) is 9.16. The van der Waals surface area contributed by atoms with Crippen LogP contribution in [0.15, 0.2) is 108 Å². The fourth-order valence-corrected chi connectivity index (χ4v) is 8.15. The average molecular weight is 501 g/mol. The Kier molecular flexibility index (Phi) is 3.44. The van der Waals surface area contributed by atoms with Crippen LogP contribution in [0.1, 0.15) is 22.3 Å². The van der Waals surface area contributed by atoms with E-state index in [-0.39, 0.29) is 5.41 Å². The van der Waals surface area contributed by atoms with E-state index < -0.39 is 0 Å². The molecule has 1 unspecified atom stereocenters. The Hall–Kier alpha value is -3.20. The van der Waals surface area contributed by atoms with E-state index in [9.17, 15) is 0 Å².